The zero-order chi connectivity index (χ0) is 20.9. The Morgan fingerprint density at radius 2 is 1.36 bits per heavy atom. The fourth-order valence-electron chi connectivity index (χ4n) is 3.89. The summed E-state index contributed by atoms with van der Waals surface area (Å²) in [5, 5.41) is 10.2. The highest BCUT2D eigenvalue weighted by Crippen LogP contribution is 2.40. The first-order valence-electron chi connectivity index (χ1n) is 10.3. The van der Waals surface area contributed by atoms with Crippen molar-refractivity contribution in [1.82, 2.24) is 0 Å². The standard InChI is InChI=1S/C26H34O2/c1-7-25(6,28)15-14-21-10-12-23(16-19(21)4)26(8-2,9-3)24-13-11-22(18-27)20(5)17-24/h10-18,28H,7-9H2,1-6H3/b15-14+. The molecule has 1 N–H and O–H groups in total. The molecule has 1 unspecified atom stereocenters. The van der Waals surface area contributed by atoms with Crippen LogP contribution in [0.5, 0.6) is 0 Å². The predicted molar refractivity (Wildman–Crippen MR) is 119 cm³/mol. The van der Waals surface area contributed by atoms with E-state index in [2.05, 4.69) is 51.1 Å². The van der Waals surface area contributed by atoms with Crippen LogP contribution in [-0.4, -0.2) is 17.0 Å². The van der Waals surface area contributed by atoms with E-state index in [0.717, 1.165) is 35.8 Å². The van der Waals surface area contributed by atoms with E-state index in [0.29, 0.717) is 6.42 Å². The van der Waals surface area contributed by atoms with Crippen molar-refractivity contribution >= 4 is 12.4 Å². The van der Waals surface area contributed by atoms with Gasteiger partial charge in [0.2, 0.25) is 0 Å². The number of carbonyl (C=O) groups excluding carboxylic acids is 1. The highest BCUT2D eigenvalue weighted by atomic mass is 16.3. The third-order valence-electron chi connectivity index (χ3n) is 6.32. The number of hydrogen-bond donors (Lipinski definition) is 1. The molecule has 28 heavy (non-hydrogen) atoms. The zero-order valence-electron chi connectivity index (χ0n) is 18.2. The monoisotopic (exact) mass is 378 g/mol. The normalized spacial score (nSPS) is 14.2. The van der Waals surface area contributed by atoms with Gasteiger partial charge in [0.1, 0.15) is 6.29 Å². The Labute approximate surface area is 170 Å². The molecule has 2 aromatic carbocycles. The van der Waals surface area contributed by atoms with Crippen LogP contribution in [0.15, 0.2) is 42.5 Å². The third kappa shape index (κ3) is 4.44. The number of carbonyl (C=O) groups is 1. The van der Waals surface area contributed by atoms with Gasteiger partial charge in [0.25, 0.3) is 0 Å². The van der Waals surface area contributed by atoms with E-state index >= 15 is 0 Å². The van der Waals surface area contributed by atoms with Gasteiger partial charge in [-0.2, -0.15) is 0 Å². The lowest BCUT2D eigenvalue weighted by Gasteiger charge is -2.34. The van der Waals surface area contributed by atoms with E-state index in [1.807, 2.05) is 39.0 Å². The molecule has 2 rings (SSSR count). The molecule has 0 aliphatic heterocycles. The van der Waals surface area contributed by atoms with Crippen molar-refractivity contribution in [3.8, 4) is 0 Å². The lowest BCUT2D eigenvalue weighted by Crippen LogP contribution is -2.26. The number of hydrogen-bond acceptors (Lipinski definition) is 2. The van der Waals surface area contributed by atoms with E-state index in [4.69, 9.17) is 0 Å². The molecule has 2 heteroatoms. The molecular weight excluding hydrogens is 344 g/mol. The maximum absolute atomic E-state index is 11.2. The number of aldehydes is 1. The van der Waals surface area contributed by atoms with Crippen LogP contribution in [0.3, 0.4) is 0 Å². The molecule has 0 amide bonds. The molecule has 0 aliphatic rings. The Morgan fingerprint density at radius 1 is 0.857 bits per heavy atom. The summed E-state index contributed by atoms with van der Waals surface area (Å²) in [5.41, 5.74) is 5.82. The molecule has 0 saturated heterocycles. The van der Waals surface area contributed by atoms with Gasteiger partial charge in [-0.05, 0) is 67.9 Å². The fraction of sp³-hybridized carbons (Fsp3) is 0.423. The maximum Gasteiger partial charge on any atom is 0.150 e. The number of benzene rings is 2. The van der Waals surface area contributed by atoms with E-state index < -0.39 is 5.60 Å². The zero-order valence-corrected chi connectivity index (χ0v) is 18.2. The maximum atomic E-state index is 11.2. The summed E-state index contributed by atoms with van der Waals surface area (Å²) in [6.07, 6.45) is 7.49. The minimum absolute atomic E-state index is 0.0753. The van der Waals surface area contributed by atoms with Crippen LogP contribution in [0, 0.1) is 13.8 Å². The van der Waals surface area contributed by atoms with Gasteiger partial charge in [0, 0.05) is 11.0 Å². The average molecular weight is 379 g/mol. The Bertz CT molecular complexity index is 855. The molecule has 2 nitrogen and oxygen atoms in total. The van der Waals surface area contributed by atoms with Crippen LogP contribution in [0.4, 0.5) is 0 Å². The largest absolute Gasteiger partial charge is 0.386 e. The highest BCUT2D eigenvalue weighted by molar-refractivity contribution is 5.77. The molecule has 0 heterocycles. The van der Waals surface area contributed by atoms with E-state index in [-0.39, 0.29) is 5.41 Å². The van der Waals surface area contributed by atoms with Gasteiger partial charge in [-0.1, -0.05) is 69.3 Å². The van der Waals surface area contributed by atoms with E-state index in [1.54, 1.807) is 0 Å². The summed E-state index contributed by atoms with van der Waals surface area (Å²) in [6.45, 7) is 12.4. The third-order valence-corrected chi connectivity index (χ3v) is 6.32. The van der Waals surface area contributed by atoms with Gasteiger partial charge in [0.15, 0.2) is 0 Å². The first kappa shape index (κ1) is 22.1. The van der Waals surface area contributed by atoms with E-state index in [1.165, 1.54) is 16.7 Å². The van der Waals surface area contributed by atoms with E-state index in [9.17, 15) is 9.90 Å². The summed E-state index contributed by atoms with van der Waals surface area (Å²) in [7, 11) is 0. The molecule has 0 fully saturated rings. The molecule has 0 aromatic heterocycles. The molecule has 0 bridgehead atoms. The Morgan fingerprint density at radius 3 is 1.75 bits per heavy atom. The minimum atomic E-state index is -0.778. The molecule has 1 atom stereocenters. The van der Waals surface area contributed by atoms with Gasteiger partial charge in [-0.25, -0.2) is 0 Å². The molecule has 0 saturated carbocycles. The highest BCUT2D eigenvalue weighted by Gasteiger charge is 2.31. The molecule has 2 aromatic rings. The predicted octanol–water partition coefficient (Wildman–Crippen LogP) is 6.40. The molecule has 150 valence electrons. The lowest BCUT2D eigenvalue weighted by molar-refractivity contribution is 0.108. The van der Waals surface area contributed by atoms with Gasteiger partial charge < -0.3 is 5.11 Å². The second-order valence-electron chi connectivity index (χ2n) is 8.09. The summed E-state index contributed by atoms with van der Waals surface area (Å²) in [4.78, 5) is 11.2. The van der Waals surface area contributed by atoms with Crippen molar-refractivity contribution in [2.45, 2.75) is 71.8 Å². The first-order chi connectivity index (χ1) is 13.2. The Hall–Kier alpha value is -2.19. The van der Waals surface area contributed by atoms with Crippen molar-refractivity contribution in [2.24, 2.45) is 0 Å². The smallest absolute Gasteiger partial charge is 0.150 e. The lowest BCUT2D eigenvalue weighted by atomic mass is 9.69. The van der Waals surface area contributed by atoms with Crippen LogP contribution < -0.4 is 0 Å². The molecule has 0 spiro atoms. The second-order valence-corrected chi connectivity index (χ2v) is 8.09. The molecular formula is C26H34O2. The summed E-state index contributed by atoms with van der Waals surface area (Å²) in [6, 6.07) is 12.8. The molecule has 0 radical (unpaired) electrons. The van der Waals surface area contributed by atoms with Crippen LogP contribution >= 0.6 is 0 Å². The number of rotatable bonds is 8. The van der Waals surface area contributed by atoms with Crippen molar-refractivity contribution < 1.29 is 9.90 Å². The van der Waals surface area contributed by atoms with Crippen LogP contribution in [0.1, 0.15) is 85.1 Å². The van der Waals surface area contributed by atoms with Crippen molar-refractivity contribution in [1.29, 1.82) is 0 Å². The Balaban J connectivity index is 2.51. The molecule has 0 aliphatic carbocycles. The SMILES string of the molecule is CCC(C)(O)/C=C/c1ccc(C(CC)(CC)c2ccc(C=O)c(C)c2)cc1C. The minimum Gasteiger partial charge on any atom is -0.386 e. The fourth-order valence-corrected chi connectivity index (χ4v) is 3.89. The van der Waals surface area contributed by atoms with Crippen molar-refractivity contribution in [3.63, 3.8) is 0 Å². The van der Waals surface area contributed by atoms with Gasteiger partial charge in [-0.15, -0.1) is 0 Å². The van der Waals surface area contributed by atoms with Gasteiger partial charge >= 0.3 is 0 Å². The quantitative estimate of drug-likeness (QED) is 0.540. The summed E-state index contributed by atoms with van der Waals surface area (Å²) >= 11 is 0. The van der Waals surface area contributed by atoms with Gasteiger partial charge in [0.05, 0.1) is 5.60 Å². The Kier molecular flexibility index (Phi) is 7.01. The van der Waals surface area contributed by atoms with Crippen molar-refractivity contribution in [3.05, 3.63) is 75.9 Å². The van der Waals surface area contributed by atoms with Gasteiger partial charge in [-0.3, -0.25) is 4.79 Å². The first-order valence-corrected chi connectivity index (χ1v) is 10.3. The average Bonchev–Trinajstić information content (AvgIpc) is 2.69. The topological polar surface area (TPSA) is 37.3 Å². The summed E-state index contributed by atoms with van der Waals surface area (Å²) in [5.74, 6) is 0. The summed E-state index contributed by atoms with van der Waals surface area (Å²) < 4.78 is 0. The van der Waals surface area contributed by atoms with Crippen LogP contribution in [0.2, 0.25) is 0 Å². The van der Waals surface area contributed by atoms with Crippen LogP contribution in [0.25, 0.3) is 6.08 Å². The van der Waals surface area contributed by atoms with Crippen molar-refractivity contribution in [2.75, 3.05) is 0 Å². The number of aryl methyl sites for hydroxylation is 2. The number of aliphatic hydroxyl groups is 1. The second kappa shape index (κ2) is 8.87. The van der Waals surface area contributed by atoms with Crippen LogP contribution in [-0.2, 0) is 5.41 Å².